The van der Waals surface area contributed by atoms with Crippen LogP contribution in [0.2, 0.25) is 0 Å². The predicted molar refractivity (Wildman–Crippen MR) is 65.3 cm³/mol. The molecule has 1 aromatic carbocycles. The van der Waals surface area contributed by atoms with Crippen molar-refractivity contribution < 1.29 is 13.2 Å². The van der Waals surface area contributed by atoms with Crippen LogP contribution in [0.3, 0.4) is 0 Å². The topological polar surface area (TPSA) is 27.1 Å². The van der Waals surface area contributed by atoms with E-state index in [0.717, 1.165) is 25.0 Å². The fourth-order valence-electron chi connectivity index (χ4n) is 1.75. The van der Waals surface area contributed by atoms with Gasteiger partial charge < -0.3 is 4.90 Å². The summed E-state index contributed by atoms with van der Waals surface area (Å²) >= 11 is 0. The van der Waals surface area contributed by atoms with Gasteiger partial charge >= 0.3 is 0 Å². The summed E-state index contributed by atoms with van der Waals surface area (Å²) in [5, 5.41) is 7.90. The molecule has 0 spiro atoms. The van der Waals surface area contributed by atoms with Gasteiger partial charge in [-0.2, -0.15) is 0 Å². The zero-order chi connectivity index (χ0) is 13.7. The van der Waals surface area contributed by atoms with Crippen molar-refractivity contribution in [1.29, 1.82) is 5.41 Å². The lowest BCUT2D eigenvalue weighted by Crippen LogP contribution is -2.33. The van der Waals surface area contributed by atoms with Gasteiger partial charge in [0.05, 0.1) is 5.56 Å². The first-order chi connectivity index (χ1) is 8.52. The smallest absolute Gasteiger partial charge is 0.195 e. The second kappa shape index (κ2) is 6.42. The van der Waals surface area contributed by atoms with Gasteiger partial charge in [0, 0.05) is 13.1 Å². The van der Waals surface area contributed by atoms with E-state index in [0.29, 0.717) is 13.1 Å². The highest BCUT2D eigenvalue weighted by molar-refractivity contribution is 5.96. The number of halogens is 3. The molecule has 0 aliphatic carbocycles. The van der Waals surface area contributed by atoms with Crippen LogP contribution in [0.5, 0.6) is 0 Å². The second-order valence-electron chi connectivity index (χ2n) is 4.06. The summed E-state index contributed by atoms with van der Waals surface area (Å²) in [6, 6.07) is 1.95. The van der Waals surface area contributed by atoms with Gasteiger partial charge in [0.15, 0.2) is 17.5 Å². The molecule has 0 saturated carbocycles. The normalized spacial score (nSPS) is 10.5. The van der Waals surface area contributed by atoms with Crippen molar-refractivity contribution in [2.75, 3.05) is 13.1 Å². The average Bonchev–Trinajstić information content (AvgIpc) is 2.35. The Morgan fingerprint density at radius 2 is 1.61 bits per heavy atom. The molecule has 1 N–H and O–H groups in total. The SMILES string of the molecule is CCCN(CCC)C(=N)c1ccc(F)c(F)c1F. The van der Waals surface area contributed by atoms with E-state index < -0.39 is 17.5 Å². The molecule has 0 radical (unpaired) electrons. The average molecular weight is 258 g/mol. The Kier molecular flexibility index (Phi) is 5.19. The lowest BCUT2D eigenvalue weighted by atomic mass is 10.1. The van der Waals surface area contributed by atoms with Gasteiger partial charge in [0.1, 0.15) is 5.84 Å². The van der Waals surface area contributed by atoms with E-state index in [1.165, 1.54) is 0 Å². The van der Waals surface area contributed by atoms with Crippen molar-refractivity contribution in [2.24, 2.45) is 0 Å². The standard InChI is InChI=1S/C13H17F3N2/c1-3-7-18(8-4-2)13(17)9-5-6-10(14)12(16)11(9)15/h5-6,17H,3-4,7-8H2,1-2H3. The highest BCUT2D eigenvalue weighted by Gasteiger charge is 2.19. The molecule has 100 valence electrons. The van der Waals surface area contributed by atoms with Crippen molar-refractivity contribution in [3.63, 3.8) is 0 Å². The van der Waals surface area contributed by atoms with Crippen molar-refractivity contribution in [1.82, 2.24) is 4.90 Å². The highest BCUT2D eigenvalue weighted by Crippen LogP contribution is 2.17. The van der Waals surface area contributed by atoms with Crippen LogP contribution >= 0.6 is 0 Å². The van der Waals surface area contributed by atoms with Crippen molar-refractivity contribution in [3.8, 4) is 0 Å². The molecule has 0 saturated heterocycles. The van der Waals surface area contributed by atoms with Gasteiger partial charge in [-0.3, -0.25) is 5.41 Å². The molecular formula is C13H17F3N2. The van der Waals surface area contributed by atoms with E-state index in [-0.39, 0.29) is 11.4 Å². The summed E-state index contributed by atoms with van der Waals surface area (Å²) in [7, 11) is 0. The van der Waals surface area contributed by atoms with Crippen molar-refractivity contribution in [3.05, 3.63) is 35.1 Å². The maximum Gasteiger partial charge on any atom is 0.195 e. The highest BCUT2D eigenvalue weighted by atomic mass is 19.2. The van der Waals surface area contributed by atoms with Crippen LogP contribution in [0, 0.1) is 22.9 Å². The monoisotopic (exact) mass is 258 g/mol. The van der Waals surface area contributed by atoms with Crippen molar-refractivity contribution >= 4 is 5.84 Å². The van der Waals surface area contributed by atoms with Gasteiger partial charge in [0.2, 0.25) is 0 Å². The molecule has 0 aliphatic heterocycles. The summed E-state index contributed by atoms with van der Waals surface area (Å²) in [6.07, 6.45) is 1.60. The third kappa shape index (κ3) is 3.03. The molecule has 0 amide bonds. The van der Waals surface area contributed by atoms with Gasteiger partial charge in [-0.1, -0.05) is 13.8 Å². The van der Waals surface area contributed by atoms with E-state index in [9.17, 15) is 13.2 Å². The lowest BCUT2D eigenvalue weighted by molar-refractivity contribution is 0.408. The first-order valence-corrected chi connectivity index (χ1v) is 6.00. The number of hydrogen-bond acceptors (Lipinski definition) is 1. The second-order valence-corrected chi connectivity index (χ2v) is 4.06. The molecule has 0 fully saturated rings. The first kappa shape index (κ1) is 14.5. The minimum Gasteiger partial charge on any atom is -0.357 e. The summed E-state index contributed by atoms with van der Waals surface area (Å²) in [6.45, 7) is 5.06. The van der Waals surface area contributed by atoms with Crippen LogP contribution in [0.25, 0.3) is 0 Å². The van der Waals surface area contributed by atoms with E-state index in [1.54, 1.807) is 4.90 Å². The Morgan fingerprint density at radius 1 is 1.06 bits per heavy atom. The van der Waals surface area contributed by atoms with Crippen molar-refractivity contribution in [2.45, 2.75) is 26.7 Å². The number of rotatable bonds is 5. The Bertz CT molecular complexity index is 426. The molecule has 0 unspecified atom stereocenters. The van der Waals surface area contributed by atoms with Gasteiger partial charge in [0.25, 0.3) is 0 Å². The Hall–Kier alpha value is -1.52. The summed E-state index contributed by atoms with van der Waals surface area (Å²) in [4.78, 5) is 1.66. The summed E-state index contributed by atoms with van der Waals surface area (Å²) in [5.74, 6) is -4.15. The zero-order valence-corrected chi connectivity index (χ0v) is 10.6. The predicted octanol–water partition coefficient (Wildman–Crippen LogP) is 3.55. The largest absolute Gasteiger partial charge is 0.357 e. The molecule has 0 heterocycles. The maximum atomic E-state index is 13.6. The first-order valence-electron chi connectivity index (χ1n) is 6.00. The summed E-state index contributed by atoms with van der Waals surface area (Å²) in [5.41, 5.74) is -0.198. The quantitative estimate of drug-likeness (QED) is 0.488. The minimum atomic E-state index is -1.52. The number of nitrogens with zero attached hydrogens (tertiary/aromatic N) is 1. The van der Waals surface area contributed by atoms with E-state index >= 15 is 0 Å². The van der Waals surface area contributed by atoms with Crippen LogP contribution in [-0.2, 0) is 0 Å². The van der Waals surface area contributed by atoms with Crippen LogP contribution in [0.4, 0.5) is 13.2 Å². The molecule has 2 nitrogen and oxygen atoms in total. The van der Waals surface area contributed by atoms with E-state index in [1.807, 2.05) is 13.8 Å². The molecule has 0 bridgehead atoms. The maximum absolute atomic E-state index is 13.6. The minimum absolute atomic E-state index is 0.102. The molecule has 0 atom stereocenters. The van der Waals surface area contributed by atoms with E-state index in [4.69, 9.17) is 5.41 Å². The molecular weight excluding hydrogens is 241 g/mol. The molecule has 18 heavy (non-hydrogen) atoms. The van der Waals surface area contributed by atoms with Gasteiger partial charge in [-0.25, -0.2) is 13.2 Å². The van der Waals surface area contributed by atoms with Crippen LogP contribution in [0.1, 0.15) is 32.3 Å². The number of benzene rings is 1. The van der Waals surface area contributed by atoms with Crippen LogP contribution in [-0.4, -0.2) is 23.8 Å². The Labute approximate surface area is 105 Å². The number of amidine groups is 1. The molecule has 0 aliphatic rings. The van der Waals surface area contributed by atoms with Gasteiger partial charge in [-0.05, 0) is 25.0 Å². The van der Waals surface area contributed by atoms with Crippen LogP contribution in [0.15, 0.2) is 12.1 Å². The molecule has 5 heteroatoms. The fraction of sp³-hybridized carbons (Fsp3) is 0.462. The van der Waals surface area contributed by atoms with E-state index in [2.05, 4.69) is 0 Å². The van der Waals surface area contributed by atoms with Crippen LogP contribution < -0.4 is 0 Å². The number of hydrogen-bond donors (Lipinski definition) is 1. The fourth-order valence-corrected chi connectivity index (χ4v) is 1.75. The van der Waals surface area contributed by atoms with Gasteiger partial charge in [-0.15, -0.1) is 0 Å². The third-order valence-electron chi connectivity index (χ3n) is 2.59. The summed E-state index contributed by atoms with van der Waals surface area (Å²) < 4.78 is 39.5. The molecule has 1 aromatic rings. The Morgan fingerprint density at radius 3 is 2.11 bits per heavy atom. The third-order valence-corrected chi connectivity index (χ3v) is 2.59. The lowest BCUT2D eigenvalue weighted by Gasteiger charge is -2.24. The zero-order valence-electron chi connectivity index (χ0n) is 10.6. The molecule has 1 rings (SSSR count). The molecule has 0 aromatic heterocycles. The number of nitrogens with one attached hydrogen (secondary N) is 1. The Balaban J connectivity index is 3.05.